The minimum atomic E-state index is 0.326. The SMILES string of the molecule is CCC1(Cc2ccccc2)CCN(C(C)(C)C)CC1. The van der Waals surface area contributed by atoms with Crippen LogP contribution in [0.1, 0.15) is 52.5 Å². The van der Waals surface area contributed by atoms with Crippen molar-refractivity contribution in [2.24, 2.45) is 5.41 Å². The fourth-order valence-corrected chi connectivity index (χ4v) is 3.34. The molecule has 0 unspecified atom stereocenters. The summed E-state index contributed by atoms with van der Waals surface area (Å²) in [5.41, 5.74) is 2.36. The molecule has 1 heterocycles. The van der Waals surface area contributed by atoms with Crippen LogP contribution < -0.4 is 0 Å². The molecule has 0 amide bonds. The van der Waals surface area contributed by atoms with Crippen LogP contribution in [-0.4, -0.2) is 23.5 Å². The molecule has 0 radical (unpaired) electrons. The minimum Gasteiger partial charge on any atom is -0.298 e. The van der Waals surface area contributed by atoms with E-state index in [4.69, 9.17) is 0 Å². The Morgan fingerprint density at radius 3 is 2.11 bits per heavy atom. The number of nitrogens with zero attached hydrogens (tertiary/aromatic N) is 1. The third-order valence-corrected chi connectivity index (χ3v) is 4.94. The number of piperidine rings is 1. The molecule has 0 N–H and O–H groups in total. The summed E-state index contributed by atoms with van der Waals surface area (Å²) in [6, 6.07) is 11.0. The summed E-state index contributed by atoms with van der Waals surface area (Å²) in [7, 11) is 0. The summed E-state index contributed by atoms with van der Waals surface area (Å²) in [5.74, 6) is 0. The zero-order valence-electron chi connectivity index (χ0n) is 13.1. The number of benzene rings is 1. The predicted molar refractivity (Wildman–Crippen MR) is 83.4 cm³/mol. The van der Waals surface area contributed by atoms with Crippen LogP contribution in [-0.2, 0) is 6.42 Å². The van der Waals surface area contributed by atoms with Crippen LogP contribution >= 0.6 is 0 Å². The van der Waals surface area contributed by atoms with E-state index in [1.165, 1.54) is 44.3 Å². The molecule has 19 heavy (non-hydrogen) atoms. The predicted octanol–water partition coefficient (Wildman–Crippen LogP) is 4.52. The fraction of sp³-hybridized carbons (Fsp3) is 0.667. The third kappa shape index (κ3) is 3.60. The van der Waals surface area contributed by atoms with Crippen LogP contribution in [0.2, 0.25) is 0 Å². The van der Waals surface area contributed by atoms with Gasteiger partial charge in [0, 0.05) is 5.54 Å². The maximum Gasteiger partial charge on any atom is 0.0125 e. The molecule has 106 valence electrons. The molecule has 1 fully saturated rings. The Labute approximate surface area is 119 Å². The van der Waals surface area contributed by atoms with Crippen molar-refractivity contribution < 1.29 is 0 Å². The van der Waals surface area contributed by atoms with Crippen LogP contribution in [0.5, 0.6) is 0 Å². The van der Waals surface area contributed by atoms with E-state index in [0.29, 0.717) is 11.0 Å². The molecule has 1 aromatic rings. The van der Waals surface area contributed by atoms with Crippen molar-refractivity contribution in [3.05, 3.63) is 35.9 Å². The van der Waals surface area contributed by atoms with Gasteiger partial charge >= 0.3 is 0 Å². The molecule has 1 saturated heterocycles. The molecule has 0 aliphatic carbocycles. The highest BCUT2D eigenvalue weighted by Gasteiger charge is 2.35. The third-order valence-electron chi connectivity index (χ3n) is 4.94. The van der Waals surface area contributed by atoms with Gasteiger partial charge in [0.2, 0.25) is 0 Å². The molecule has 0 saturated carbocycles. The highest BCUT2D eigenvalue weighted by Crippen LogP contribution is 2.39. The Bertz CT molecular complexity index is 380. The summed E-state index contributed by atoms with van der Waals surface area (Å²) in [6.45, 7) is 11.9. The summed E-state index contributed by atoms with van der Waals surface area (Å²) in [6.07, 6.45) is 5.24. The minimum absolute atomic E-state index is 0.326. The second kappa shape index (κ2) is 5.66. The zero-order chi connectivity index (χ0) is 13.9. The Morgan fingerprint density at radius 1 is 1.05 bits per heavy atom. The first-order valence-electron chi connectivity index (χ1n) is 7.74. The van der Waals surface area contributed by atoms with Crippen molar-refractivity contribution >= 4 is 0 Å². The van der Waals surface area contributed by atoms with Crippen molar-refractivity contribution in [1.29, 1.82) is 0 Å². The average molecular weight is 259 g/mol. The molecule has 2 rings (SSSR count). The summed E-state index contributed by atoms with van der Waals surface area (Å²) in [4.78, 5) is 2.64. The largest absolute Gasteiger partial charge is 0.298 e. The molecule has 0 spiro atoms. The van der Waals surface area contributed by atoms with Gasteiger partial charge in [0.1, 0.15) is 0 Å². The first kappa shape index (κ1) is 14.6. The van der Waals surface area contributed by atoms with E-state index in [2.05, 4.69) is 62.9 Å². The first-order valence-corrected chi connectivity index (χ1v) is 7.74. The van der Waals surface area contributed by atoms with E-state index in [1.807, 2.05) is 0 Å². The smallest absolute Gasteiger partial charge is 0.0125 e. The monoisotopic (exact) mass is 259 g/mol. The van der Waals surface area contributed by atoms with Crippen molar-refractivity contribution in [2.75, 3.05) is 13.1 Å². The van der Waals surface area contributed by atoms with E-state index >= 15 is 0 Å². The summed E-state index contributed by atoms with van der Waals surface area (Å²) in [5, 5.41) is 0. The van der Waals surface area contributed by atoms with E-state index in [1.54, 1.807) is 0 Å². The lowest BCUT2D eigenvalue weighted by Crippen LogP contribution is -2.49. The van der Waals surface area contributed by atoms with Gasteiger partial charge in [-0.05, 0) is 64.1 Å². The van der Waals surface area contributed by atoms with E-state index in [0.717, 1.165) is 0 Å². The van der Waals surface area contributed by atoms with E-state index in [9.17, 15) is 0 Å². The highest BCUT2D eigenvalue weighted by molar-refractivity contribution is 5.17. The summed E-state index contributed by atoms with van der Waals surface area (Å²) >= 11 is 0. The second-order valence-corrected chi connectivity index (χ2v) is 7.17. The first-order chi connectivity index (χ1) is 8.95. The van der Waals surface area contributed by atoms with Crippen molar-refractivity contribution in [1.82, 2.24) is 4.90 Å². The van der Waals surface area contributed by atoms with Gasteiger partial charge in [-0.2, -0.15) is 0 Å². The topological polar surface area (TPSA) is 3.24 Å². The lowest BCUT2D eigenvalue weighted by molar-refractivity contribution is 0.0402. The van der Waals surface area contributed by atoms with Gasteiger partial charge in [0.15, 0.2) is 0 Å². The van der Waals surface area contributed by atoms with Crippen LogP contribution in [0.15, 0.2) is 30.3 Å². The normalized spacial score (nSPS) is 20.4. The van der Waals surface area contributed by atoms with Crippen LogP contribution in [0, 0.1) is 5.41 Å². The van der Waals surface area contributed by atoms with Gasteiger partial charge in [-0.1, -0.05) is 43.7 Å². The molecular weight excluding hydrogens is 230 g/mol. The van der Waals surface area contributed by atoms with Gasteiger partial charge in [-0.15, -0.1) is 0 Å². The number of rotatable bonds is 3. The van der Waals surface area contributed by atoms with Crippen LogP contribution in [0.4, 0.5) is 0 Å². The van der Waals surface area contributed by atoms with Crippen LogP contribution in [0.3, 0.4) is 0 Å². The van der Waals surface area contributed by atoms with Crippen LogP contribution in [0.25, 0.3) is 0 Å². The second-order valence-electron chi connectivity index (χ2n) is 7.17. The fourth-order valence-electron chi connectivity index (χ4n) is 3.34. The van der Waals surface area contributed by atoms with Crippen molar-refractivity contribution in [3.8, 4) is 0 Å². The average Bonchev–Trinajstić information content (AvgIpc) is 2.39. The molecule has 1 heteroatoms. The number of hydrogen-bond acceptors (Lipinski definition) is 1. The Morgan fingerprint density at radius 2 is 1.63 bits per heavy atom. The van der Waals surface area contributed by atoms with Gasteiger partial charge < -0.3 is 0 Å². The number of hydrogen-bond donors (Lipinski definition) is 0. The lowest BCUT2D eigenvalue weighted by atomic mass is 9.71. The molecule has 0 atom stereocenters. The Kier molecular flexibility index (Phi) is 4.35. The van der Waals surface area contributed by atoms with Crippen molar-refractivity contribution in [3.63, 3.8) is 0 Å². The maximum absolute atomic E-state index is 2.64. The summed E-state index contributed by atoms with van der Waals surface area (Å²) < 4.78 is 0. The zero-order valence-corrected chi connectivity index (χ0v) is 13.1. The molecule has 0 aromatic heterocycles. The van der Waals surface area contributed by atoms with E-state index in [-0.39, 0.29) is 0 Å². The van der Waals surface area contributed by atoms with Gasteiger partial charge in [-0.3, -0.25) is 4.90 Å². The van der Waals surface area contributed by atoms with Gasteiger partial charge in [-0.25, -0.2) is 0 Å². The molecule has 1 nitrogen and oxygen atoms in total. The molecule has 1 aliphatic rings. The molecule has 1 aromatic carbocycles. The number of likely N-dealkylation sites (tertiary alicyclic amines) is 1. The maximum atomic E-state index is 2.64. The quantitative estimate of drug-likeness (QED) is 0.771. The molecule has 1 aliphatic heterocycles. The van der Waals surface area contributed by atoms with Gasteiger partial charge in [0.05, 0.1) is 0 Å². The van der Waals surface area contributed by atoms with Crippen molar-refractivity contribution in [2.45, 2.75) is 58.9 Å². The highest BCUT2D eigenvalue weighted by atomic mass is 15.2. The lowest BCUT2D eigenvalue weighted by Gasteiger charge is -2.46. The molecule has 0 bridgehead atoms. The van der Waals surface area contributed by atoms with Gasteiger partial charge in [0.25, 0.3) is 0 Å². The molecular formula is C18H29N. The Hall–Kier alpha value is -0.820. The standard InChI is InChI=1S/C18H29N/c1-5-18(15-16-9-7-6-8-10-16)11-13-19(14-12-18)17(2,3)4/h6-10H,5,11-15H2,1-4H3. The van der Waals surface area contributed by atoms with E-state index < -0.39 is 0 Å². The Balaban J connectivity index is 2.02.